The van der Waals surface area contributed by atoms with Crippen LogP contribution in [0.25, 0.3) is 0 Å². The molecule has 0 aliphatic heterocycles. The maximum Gasteiger partial charge on any atom is 1.00 e. The molecule has 0 saturated heterocycles. The maximum atomic E-state index is 8.89. The molecule has 0 aliphatic rings. The van der Waals surface area contributed by atoms with Crippen molar-refractivity contribution in [2.75, 3.05) is 0 Å². The van der Waals surface area contributed by atoms with Crippen LogP contribution in [-0.2, 0) is 4.79 Å². The molecule has 0 aromatic heterocycles. The Morgan fingerprint density at radius 1 is 1.56 bits per heavy atom. The summed E-state index contributed by atoms with van der Waals surface area (Å²) in [5.74, 6) is -1.08. The summed E-state index contributed by atoms with van der Waals surface area (Å²) >= 11 is 0. The van der Waals surface area contributed by atoms with Crippen LogP contribution in [0.2, 0.25) is 0 Å². The molecule has 0 radical (unpaired) electrons. The van der Waals surface area contributed by atoms with Crippen molar-refractivity contribution in [1.82, 2.24) is 0 Å². The van der Waals surface area contributed by atoms with E-state index in [9.17, 15) is 0 Å². The first-order valence-electron chi connectivity index (χ1n) is 2.32. The van der Waals surface area contributed by atoms with E-state index in [0.717, 1.165) is 6.92 Å². The third-order valence-electron chi connectivity index (χ3n) is 0. The second kappa shape index (κ2) is 11.8. The van der Waals surface area contributed by atoms with Crippen LogP contribution in [0.1, 0.15) is 20.8 Å². The topological polar surface area (TPSA) is 60.4 Å². The van der Waals surface area contributed by atoms with E-state index >= 15 is 0 Å². The van der Waals surface area contributed by atoms with Crippen LogP contribution < -0.4 is 56.5 Å². The van der Waals surface area contributed by atoms with E-state index in [2.05, 4.69) is 0 Å². The maximum absolute atomic E-state index is 8.89. The fraction of sp³-hybridized carbons (Fsp3) is 0.800. The second-order valence-corrected chi connectivity index (χ2v) is 1.59. The molecule has 0 amide bonds. The predicted octanol–water partition coefficient (Wildman–Crippen LogP) is -3.85. The van der Waals surface area contributed by atoms with E-state index in [1.165, 1.54) is 0 Å². The zero-order valence-electron chi connectivity index (χ0n) is 6.34. The summed E-state index contributed by atoms with van der Waals surface area (Å²) in [7, 11) is 0. The van der Waals surface area contributed by atoms with Gasteiger partial charge in [0, 0.05) is 12.1 Å². The van der Waals surface area contributed by atoms with Gasteiger partial charge in [-0.3, -0.25) is 0 Å². The normalized spacial score (nSPS) is 6.78. The van der Waals surface area contributed by atoms with E-state index in [4.69, 9.17) is 15.0 Å². The van der Waals surface area contributed by atoms with Gasteiger partial charge in [-0.2, -0.15) is 0 Å². The monoisotopic (exact) mass is 158 g/mol. The number of carbonyl (C=O) groups excluding carboxylic acids is 1. The van der Waals surface area contributed by atoms with Gasteiger partial charge in [0.15, 0.2) is 0 Å². The number of rotatable bonds is 0. The largest absolute Gasteiger partial charge is 1.00 e. The molecule has 0 bridgehead atoms. The summed E-state index contributed by atoms with van der Waals surface area (Å²) in [5.41, 5.74) is 0. The standard InChI is InChI=1S/C3H8O.C2H4O2.K/c1-3(2)4;1-2(3)4;/h3-4H,1-2H3;1H3,(H,3,4);/q;;+1/p-1. The van der Waals surface area contributed by atoms with Gasteiger partial charge in [-0.1, -0.05) is 0 Å². The summed E-state index contributed by atoms with van der Waals surface area (Å²) in [6.07, 6.45) is -0.167. The van der Waals surface area contributed by atoms with Crippen molar-refractivity contribution in [1.29, 1.82) is 0 Å². The predicted molar refractivity (Wildman–Crippen MR) is 28.0 cm³/mol. The average molecular weight is 158 g/mol. The van der Waals surface area contributed by atoms with Gasteiger partial charge < -0.3 is 15.0 Å². The molecule has 0 unspecified atom stereocenters. The fourth-order valence-corrected chi connectivity index (χ4v) is 0. The Bertz CT molecular complexity index is 56.5. The molecule has 1 N–H and O–H groups in total. The summed E-state index contributed by atoms with van der Waals surface area (Å²) < 4.78 is 0. The summed E-state index contributed by atoms with van der Waals surface area (Å²) in [4.78, 5) is 8.89. The zero-order chi connectivity index (χ0) is 7.15. The number of carboxylic acids is 1. The van der Waals surface area contributed by atoms with Crippen molar-refractivity contribution < 1.29 is 66.4 Å². The molecule has 3 nitrogen and oxygen atoms in total. The fourth-order valence-electron chi connectivity index (χ4n) is 0. The molecule has 4 heteroatoms. The Morgan fingerprint density at radius 3 is 1.56 bits per heavy atom. The van der Waals surface area contributed by atoms with Crippen LogP contribution in [0.4, 0.5) is 0 Å². The molecule has 0 aromatic rings. The molecule has 0 spiro atoms. The van der Waals surface area contributed by atoms with Crippen LogP contribution in [-0.4, -0.2) is 17.2 Å². The Hall–Kier alpha value is 1.07. The molecule has 0 fully saturated rings. The van der Waals surface area contributed by atoms with Crippen molar-refractivity contribution in [3.05, 3.63) is 0 Å². The number of hydrogen-bond donors (Lipinski definition) is 1. The van der Waals surface area contributed by atoms with Gasteiger partial charge in [-0.05, 0) is 20.8 Å². The minimum absolute atomic E-state index is 0. The Balaban J connectivity index is -0.0000000720. The number of carbonyl (C=O) groups is 1. The minimum Gasteiger partial charge on any atom is -0.550 e. The second-order valence-electron chi connectivity index (χ2n) is 1.59. The van der Waals surface area contributed by atoms with Gasteiger partial charge in [0.2, 0.25) is 0 Å². The van der Waals surface area contributed by atoms with Crippen molar-refractivity contribution in [2.45, 2.75) is 26.9 Å². The third-order valence-corrected chi connectivity index (χ3v) is 0. The van der Waals surface area contributed by atoms with Crippen LogP contribution in [0.15, 0.2) is 0 Å². The van der Waals surface area contributed by atoms with E-state index in [1.54, 1.807) is 13.8 Å². The number of aliphatic carboxylic acids is 1. The Kier molecular flexibility index (Phi) is 21.8. The first kappa shape index (κ1) is 16.6. The van der Waals surface area contributed by atoms with Crippen molar-refractivity contribution in [3.8, 4) is 0 Å². The molecule has 0 atom stereocenters. The van der Waals surface area contributed by atoms with Crippen molar-refractivity contribution in [2.24, 2.45) is 0 Å². The van der Waals surface area contributed by atoms with Crippen LogP contribution in [0.3, 0.4) is 0 Å². The molecular formula is C5H11KO3. The van der Waals surface area contributed by atoms with Crippen LogP contribution >= 0.6 is 0 Å². The number of aliphatic hydroxyl groups excluding tert-OH is 1. The SMILES string of the molecule is CC(=O)[O-].CC(C)O.[K+]. The first-order chi connectivity index (χ1) is 3.46. The Labute approximate surface area is 97.9 Å². The van der Waals surface area contributed by atoms with Gasteiger partial charge in [0.1, 0.15) is 0 Å². The Morgan fingerprint density at radius 2 is 1.56 bits per heavy atom. The van der Waals surface area contributed by atoms with Gasteiger partial charge in [-0.25, -0.2) is 0 Å². The number of hydrogen-bond acceptors (Lipinski definition) is 3. The average Bonchev–Trinajstić information content (AvgIpc) is 1.25. The van der Waals surface area contributed by atoms with Gasteiger partial charge in [-0.15, -0.1) is 0 Å². The number of carboxylic acid groups (broad SMARTS) is 1. The molecular weight excluding hydrogens is 147 g/mol. The van der Waals surface area contributed by atoms with Crippen LogP contribution in [0.5, 0.6) is 0 Å². The minimum atomic E-state index is -1.08. The number of aliphatic hydroxyl groups is 1. The smallest absolute Gasteiger partial charge is 0.550 e. The molecule has 0 aromatic carbocycles. The molecule has 9 heavy (non-hydrogen) atoms. The molecule has 0 saturated carbocycles. The van der Waals surface area contributed by atoms with E-state index in [-0.39, 0.29) is 57.5 Å². The molecule has 50 valence electrons. The first-order valence-corrected chi connectivity index (χ1v) is 2.32. The summed E-state index contributed by atoms with van der Waals surface area (Å²) in [6, 6.07) is 0. The third kappa shape index (κ3) is 398. The molecule has 0 heterocycles. The van der Waals surface area contributed by atoms with E-state index in [0.29, 0.717) is 0 Å². The van der Waals surface area contributed by atoms with E-state index < -0.39 is 5.97 Å². The van der Waals surface area contributed by atoms with Gasteiger partial charge in [0.25, 0.3) is 0 Å². The molecule has 0 rings (SSSR count). The summed E-state index contributed by atoms with van der Waals surface area (Å²) in [6.45, 7) is 4.42. The van der Waals surface area contributed by atoms with Gasteiger partial charge in [0.05, 0.1) is 0 Å². The van der Waals surface area contributed by atoms with Crippen molar-refractivity contribution >= 4 is 5.97 Å². The van der Waals surface area contributed by atoms with Crippen molar-refractivity contribution in [3.63, 3.8) is 0 Å². The summed E-state index contributed by atoms with van der Waals surface area (Å²) in [5, 5.41) is 16.9. The van der Waals surface area contributed by atoms with Gasteiger partial charge >= 0.3 is 51.4 Å². The molecule has 0 aliphatic carbocycles. The van der Waals surface area contributed by atoms with Crippen LogP contribution in [0, 0.1) is 0 Å². The van der Waals surface area contributed by atoms with E-state index in [1.807, 2.05) is 0 Å². The quantitative estimate of drug-likeness (QED) is 0.367. The zero-order valence-corrected chi connectivity index (χ0v) is 9.46.